The van der Waals surface area contributed by atoms with Crippen molar-refractivity contribution in [2.75, 3.05) is 25.6 Å². The molecule has 0 fully saturated rings. The molecular formula is C23H23ClN2O4. The van der Waals surface area contributed by atoms with Crippen molar-refractivity contribution in [2.45, 2.75) is 20.3 Å². The van der Waals surface area contributed by atoms with Crippen LogP contribution >= 0.6 is 11.6 Å². The average molecular weight is 427 g/mol. The van der Waals surface area contributed by atoms with Crippen LogP contribution in [-0.2, 0) is 0 Å². The molecule has 2 heterocycles. The number of hydrogen-bond acceptors (Lipinski definition) is 4. The van der Waals surface area contributed by atoms with Crippen molar-refractivity contribution >= 4 is 23.2 Å². The SMILES string of the molecule is COc1cccc(-n2c(C)cc(C(=O)Nc3cc4c(cc3Cl)OCCCO4)c2C)c1. The highest BCUT2D eigenvalue weighted by atomic mass is 35.5. The average Bonchev–Trinajstić information content (AvgIpc) is 2.89. The van der Waals surface area contributed by atoms with Crippen LogP contribution in [0.5, 0.6) is 17.2 Å². The second kappa shape index (κ2) is 8.32. The minimum absolute atomic E-state index is 0.242. The molecule has 0 saturated carbocycles. The number of rotatable bonds is 4. The first-order chi connectivity index (χ1) is 14.5. The maximum Gasteiger partial charge on any atom is 0.257 e. The number of benzene rings is 2. The zero-order chi connectivity index (χ0) is 21.3. The second-order valence-corrected chi connectivity index (χ2v) is 7.51. The van der Waals surface area contributed by atoms with Crippen molar-refractivity contribution < 1.29 is 19.0 Å². The quantitative estimate of drug-likeness (QED) is 0.625. The highest BCUT2D eigenvalue weighted by Gasteiger charge is 2.20. The van der Waals surface area contributed by atoms with Crippen LogP contribution in [0, 0.1) is 13.8 Å². The Bertz CT molecular complexity index is 1110. The van der Waals surface area contributed by atoms with E-state index in [9.17, 15) is 4.79 Å². The summed E-state index contributed by atoms with van der Waals surface area (Å²) in [6.07, 6.45) is 0.796. The molecule has 156 valence electrons. The molecule has 1 amide bonds. The summed E-state index contributed by atoms with van der Waals surface area (Å²) in [5, 5.41) is 3.31. The first-order valence-corrected chi connectivity index (χ1v) is 10.1. The van der Waals surface area contributed by atoms with E-state index in [1.165, 1.54) is 0 Å². The van der Waals surface area contributed by atoms with Crippen molar-refractivity contribution in [1.82, 2.24) is 4.57 Å². The van der Waals surface area contributed by atoms with Gasteiger partial charge in [-0.15, -0.1) is 0 Å². The molecule has 30 heavy (non-hydrogen) atoms. The van der Waals surface area contributed by atoms with Gasteiger partial charge in [-0.1, -0.05) is 17.7 Å². The predicted molar refractivity (Wildman–Crippen MR) is 117 cm³/mol. The van der Waals surface area contributed by atoms with Gasteiger partial charge >= 0.3 is 0 Å². The van der Waals surface area contributed by atoms with E-state index in [-0.39, 0.29) is 5.91 Å². The van der Waals surface area contributed by atoms with E-state index in [0.717, 1.165) is 29.2 Å². The van der Waals surface area contributed by atoms with Crippen LogP contribution in [-0.4, -0.2) is 30.8 Å². The number of aryl methyl sites for hydroxylation is 1. The lowest BCUT2D eigenvalue weighted by Gasteiger charge is -2.13. The number of anilines is 1. The van der Waals surface area contributed by atoms with Gasteiger partial charge in [-0.05, 0) is 32.0 Å². The van der Waals surface area contributed by atoms with Crippen LogP contribution < -0.4 is 19.5 Å². The molecule has 3 aromatic rings. The van der Waals surface area contributed by atoms with E-state index < -0.39 is 0 Å². The van der Waals surface area contributed by atoms with Crippen LogP contribution in [0.15, 0.2) is 42.5 Å². The van der Waals surface area contributed by atoms with Gasteiger partial charge in [-0.25, -0.2) is 0 Å². The molecule has 0 radical (unpaired) electrons. The minimum Gasteiger partial charge on any atom is -0.497 e. The highest BCUT2D eigenvalue weighted by Crippen LogP contribution is 2.38. The maximum atomic E-state index is 13.1. The molecule has 1 aliphatic heterocycles. The number of nitrogens with zero attached hydrogens (tertiary/aromatic N) is 1. The van der Waals surface area contributed by atoms with Crippen LogP contribution in [0.3, 0.4) is 0 Å². The van der Waals surface area contributed by atoms with Gasteiger partial charge in [-0.2, -0.15) is 0 Å². The Kier molecular flexibility index (Phi) is 5.59. The molecule has 1 aromatic heterocycles. The fourth-order valence-corrected chi connectivity index (χ4v) is 3.81. The number of nitrogens with one attached hydrogen (secondary N) is 1. The number of methoxy groups -OCH3 is 1. The predicted octanol–water partition coefficient (Wildman–Crippen LogP) is 5.17. The van der Waals surface area contributed by atoms with Gasteiger partial charge in [0.2, 0.25) is 0 Å². The van der Waals surface area contributed by atoms with E-state index in [2.05, 4.69) is 5.32 Å². The fourth-order valence-electron chi connectivity index (χ4n) is 3.61. The van der Waals surface area contributed by atoms with Crippen molar-refractivity contribution in [3.63, 3.8) is 0 Å². The molecule has 0 aliphatic carbocycles. The molecule has 0 bridgehead atoms. The smallest absolute Gasteiger partial charge is 0.257 e. The Hall–Kier alpha value is -3.12. The lowest BCUT2D eigenvalue weighted by atomic mass is 10.2. The van der Waals surface area contributed by atoms with E-state index in [0.29, 0.717) is 41.0 Å². The molecule has 0 unspecified atom stereocenters. The number of fused-ring (bicyclic) bond motifs is 1. The Balaban J connectivity index is 1.64. The molecule has 6 nitrogen and oxygen atoms in total. The summed E-state index contributed by atoms with van der Waals surface area (Å²) in [6, 6.07) is 13.0. The van der Waals surface area contributed by atoms with Gasteiger partial charge in [0.1, 0.15) is 5.75 Å². The zero-order valence-electron chi connectivity index (χ0n) is 17.1. The zero-order valence-corrected chi connectivity index (χ0v) is 17.9. The van der Waals surface area contributed by atoms with Crippen molar-refractivity contribution in [3.05, 3.63) is 64.4 Å². The van der Waals surface area contributed by atoms with Crippen LogP contribution in [0.1, 0.15) is 28.2 Å². The van der Waals surface area contributed by atoms with E-state index >= 15 is 0 Å². The molecule has 7 heteroatoms. The van der Waals surface area contributed by atoms with Gasteiger partial charge in [0.15, 0.2) is 11.5 Å². The standard InChI is InChI=1S/C23H23ClN2O4/c1-14-10-18(15(2)26(14)16-6-4-7-17(11-16)28-3)23(27)25-20-13-22-21(12-19(20)24)29-8-5-9-30-22/h4,6-7,10-13H,5,8-9H2,1-3H3,(H,25,27). The Labute approximate surface area is 180 Å². The van der Waals surface area contributed by atoms with Crippen LogP contribution in [0.25, 0.3) is 5.69 Å². The number of amides is 1. The minimum atomic E-state index is -0.242. The first-order valence-electron chi connectivity index (χ1n) is 9.72. The van der Waals surface area contributed by atoms with E-state index in [4.69, 9.17) is 25.8 Å². The third-order valence-electron chi connectivity index (χ3n) is 5.07. The molecule has 1 aliphatic rings. The van der Waals surface area contributed by atoms with E-state index in [1.807, 2.05) is 48.7 Å². The topological polar surface area (TPSA) is 61.7 Å². The molecule has 2 aromatic carbocycles. The summed E-state index contributed by atoms with van der Waals surface area (Å²) in [6.45, 7) is 5.01. The summed E-state index contributed by atoms with van der Waals surface area (Å²) in [4.78, 5) is 13.1. The molecular weight excluding hydrogens is 404 g/mol. The summed E-state index contributed by atoms with van der Waals surface area (Å²) >= 11 is 6.38. The lowest BCUT2D eigenvalue weighted by Crippen LogP contribution is -2.13. The lowest BCUT2D eigenvalue weighted by molar-refractivity contribution is 0.102. The number of carbonyl (C=O) groups excluding carboxylic acids is 1. The van der Waals surface area contributed by atoms with Gasteiger partial charge in [-0.3, -0.25) is 4.79 Å². The largest absolute Gasteiger partial charge is 0.497 e. The summed E-state index contributed by atoms with van der Waals surface area (Å²) in [5.74, 6) is 1.68. The number of ether oxygens (including phenoxy) is 3. The molecule has 0 atom stereocenters. The Morgan fingerprint density at radius 1 is 1.10 bits per heavy atom. The normalized spacial score (nSPS) is 12.9. The highest BCUT2D eigenvalue weighted by molar-refractivity contribution is 6.34. The molecule has 1 N–H and O–H groups in total. The van der Waals surface area contributed by atoms with Gasteiger partial charge in [0.05, 0.1) is 36.6 Å². The first kappa shape index (κ1) is 20.2. The van der Waals surface area contributed by atoms with Gasteiger partial charge < -0.3 is 24.1 Å². The van der Waals surface area contributed by atoms with Crippen molar-refractivity contribution in [1.29, 1.82) is 0 Å². The second-order valence-electron chi connectivity index (χ2n) is 7.11. The Morgan fingerprint density at radius 3 is 2.57 bits per heavy atom. The van der Waals surface area contributed by atoms with E-state index in [1.54, 1.807) is 19.2 Å². The monoisotopic (exact) mass is 426 g/mol. The number of hydrogen-bond donors (Lipinski definition) is 1. The molecule has 0 spiro atoms. The van der Waals surface area contributed by atoms with Gasteiger partial charge in [0.25, 0.3) is 5.91 Å². The third-order valence-corrected chi connectivity index (χ3v) is 5.39. The number of halogens is 1. The molecule has 0 saturated heterocycles. The fraction of sp³-hybridized carbons (Fsp3) is 0.261. The van der Waals surface area contributed by atoms with Crippen LogP contribution in [0.2, 0.25) is 5.02 Å². The molecule has 4 rings (SSSR count). The maximum absolute atomic E-state index is 13.1. The Morgan fingerprint density at radius 2 is 1.83 bits per heavy atom. The van der Waals surface area contributed by atoms with Crippen LogP contribution in [0.4, 0.5) is 5.69 Å². The van der Waals surface area contributed by atoms with Crippen molar-refractivity contribution in [2.24, 2.45) is 0 Å². The summed E-state index contributed by atoms with van der Waals surface area (Å²) < 4.78 is 18.7. The number of aromatic nitrogens is 1. The van der Waals surface area contributed by atoms with Gasteiger partial charge in [0, 0.05) is 41.7 Å². The number of carbonyl (C=O) groups is 1. The third kappa shape index (κ3) is 3.83. The van der Waals surface area contributed by atoms with Crippen molar-refractivity contribution in [3.8, 4) is 22.9 Å². The summed E-state index contributed by atoms with van der Waals surface area (Å²) in [5.41, 5.74) is 3.74. The summed E-state index contributed by atoms with van der Waals surface area (Å²) in [7, 11) is 1.63.